The largest absolute Gasteiger partial charge is 0.376 e. The van der Waals surface area contributed by atoms with E-state index in [1.165, 1.54) is 0 Å². The first-order valence-electron chi connectivity index (χ1n) is 9.89. The first-order valence-corrected chi connectivity index (χ1v) is 9.89. The Morgan fingerprint density at radius 3 is 2.93 bits per heavy atom. The molecule has 2 aromatic rings. The number of rotatable bonds is 6. The highest BCUT2D eigenvalue weighted by molar-refractivity contribution is 5.78. The van der Waals surface area contributed by atoms with Crippen LogP contribution in [-0.2, 0) is 27.2 Å². The zero-order valence-corrected chi connectivity index (χ0v) is 16.5. The summed E-state index contributed by atoms with van der Waals surface area (Å²) in [6.07, 6.45) is 2.87. The van der Waals surface area contributed by atoms with Crippen LogP contribution in [0.3, 0.4) is 0 Å². The number of aromatic nitrogens is 1. The van der Waals surface area contributed by atoms with Crippen LogP contribution < -0.4 is 5.32 Å². The van der Waals surface area contributed by atoms with Crippen LogP contribution in [0.1, 0.15) is 35.3 Å². The number of carbonyl (C=O) groups excluding carboxylic acids is 1. The Labute approximate surface area is 165 Å². The van der Waals surface area contributed by atoms with E-state index in [0.29, 0.717) is 31.9 Å². The van der Waals surface area contributed by atoms with Gasteiger partial charge in [0.25, 0.3) is 0 Å². The van der Waals surface area contributed by atoms with E-state index >= 15 is 0 Å². The molecule has 0 aliphatic carbocycles. The zero-order chi connectivity index (χ0) is 19.5. The quantitative estimate of drug-likeness (QED) is 0.823. The maximum atomic E-state index is 12.6. The summed E-state index contributed by atoms with van der Waals surface area (Å²) in [4.78, 5) is 14.4. The fraction of sp³-hybridized carbons (Fsp3) is 0.524. The summed E-state index contributed by atoms with van der Waals surface area (Å²) in [6.45, 7) is 6.58. The highest BCUT2D eigenvalue weighted by atomic mass is 16.5. The van der Waals surface area contributed by atoms with Crippen LogP contribution in [0, 0.1) is 13.8 Å². The number of amides is 1. The molecule has 7 heteroatoms. The minimum absolute atomic E-state index is 0.0112. The van der Waals surface area contributed by atoms with Crippen molar-refractivity contribution in [3.63, 3.8) is 0 Å². The van der Waals surface area contributed by atoms with Crippen molar-refractivity contribution in [1.29, 1.82) is 0 Å². The number of anilines is 2. The van der Waals surface area contributed by atoms with Gasteiger partial charge >= 0.3 is 0 Å². The van der Waals surface area contributed by atoms with Gasteiger partial charge in [-0.1, -0.05) is 23.4 Å². The fourth-order valence-electron chi connectivity index (χ4n) is 3.79. The van der Waals surface area contributed by atoms with Crippen molar-refractivity contribution in [2.24, 2.45) is 0 Å². The molecular formula is C21H27N3O4. The SMILES string of the molecule is Cc1cccc(C)c1Nc1noc2c1CN(C(=O)COC[C@H]1CCCO1)CC2. The van der Waals surface area contributed by atoms with E-state index in [9.17, 15) is 4.79 Å². The number of para-hydroxylation sites is 1. The average Bonchev–Trinajstić information content (AvgIpc) is 3.34. The summed E-state index contributed by atoms with van der Waals surface area (Å²) >= 11 is 0. The molecule has 1 atom stereocenters. The third-order valence-corrected chi connectivity index (χ3v) is 5.46. The van der Waals surface area contributed by atoms with Crippen molar-refractivity contribution in [3.8, 4) is 0 Å². The predicted octanol–water partition coefficient (Wildman–Crippen LogP) is 3.12. The predicted molar refractivity (Wildman–Crippen MR) is 105 cm³/mol. The maximum Gasteiger partial charge on any atom is 0.248 e. The van der Waals surface area contributed by atoms with Crippen molar-refractivity contribution in [3.05, 3.63) is 40.6 Å². The molecule has 2 aliphatic heterocycles. The Kier molecular flexibility index (Phi) is 5.64. The van der Waals surface area contributed by atoms with Crippen LogP contribution >= 0.6 is 0 Å². The lowest BCUT2D eigenvalue weighted by molar-refractivity contribution is -0.138. The molecule has 1 amide bonds. The Morgan fingerprint density at radius 2 is 2.18 bits per heavy atom. The van der Waals surface area contributed by atoms with Gasteiger partial charge in [-0.2, -0.15) is 0 Å². The molecule has 1 saturated heterocycles. The topological polar surface area (TPSA) is 76.8 Å². The average molecular weight is 385 g/mol. The number of nitrogens with zero attached hydrogens (tertiary/aromatic N) is 2. The Hall–Kier alpha value is -2.38. The standard InChI is InChI=1S/C21H27N3O4/c1-14-5-3-6-15(2)20(14)22-21-17-11-24(9-8-18(17)28-23-21)19(25)13-26-12-16-7-4-10-27-16/h3,5-6,16H,4,7-13H2,1-2H3,(H,22,23)/t16-/m1/s1. The molecule has 1 aromatic carbocycles. The molecule has 0 bridgehead atoms. The third-order valence-electron chi connectivity index (χ3n) is 5.46. The van der Waals surface area contributed by atoms with E-state index < -0.39 is 0 Å². The van der Waals surface area contributed by atoms with Crippen molar-refractivity contribution in [2.75, 3.05) is 31.7 Å². The van der Waals surface area contributed by atoms with Crippen LogP contribution in [0.25, 0.3) is 0 Å². The minimum Gasteiger partial charge on any atom is -0.376 e. The highest BCUT2D eigenvalue weighted by Crippen LogP contribution is 2.30. The van der Waals surface area contributed by atoms with E-state index in [4.69, 9.17) is 14.0 Å². The van der Waals surface area contributed by atoms with Gasteiger partial charge in [0.05, 0.1) is 24.8 Å². The molecule has 150 valence electrons. The second-order valence-electron chi connectivity index (χ2n) is 7.54. The van der Waals surface area contributed by atoms with Gasteiger partial charge < -0.3 is 24.2 Å². The van der Waals surface area contributed by atoms with Gasteiger partial charge in [0, 0.05) is 25.3 Å². The second-order valence-corrected chi connectivity index (χ2v) is 7.54. The summed E-state index contributed by atoms with van der Waals surface area (Å²) in [6, 6.07) is 6.15. The normalized spacial score (nSPS) is 18.9. The van der Waals surface area contributed by atoms with Crippen LogP contribution in [-0.4, -0.2) is 48.4 Å². The van der Waals surface area contributed by atoms with Crippen molar-refractivity contribution >= 4 is 17.4 Å². The number of nitrogens with one attached hydrogen (secondary N) is 1. The molecule has 7 nitrogen and oxygen atoms in total. The summed E-state index contributed by atoms with van der Waals surface area (Å²) < 4.78 is 16.6. The lowest BCUT2D eigenvalue weighted by Crippen LogP contribution is -2.38. The molecule has 4 rings (SSSR count). The summed E-state index contributed by atoms with van der Waals surface area (Å²) in [5.74, 6) is 1.52. The smallest absolute Gasteiger partial charge is 0.248 e. The van der Waals surface area contributed by atoms with E-state index in [2.05, 4.69) is 36.5 Å². The van der Waals surface area contributed by atoms with E-state index in [0.717, 1.165) is 47.6 Å². The van der Waals surface area contributed by atoms with Gasteiger partial charge in [-0.3, -0.25) is 4.79 Å². The molecule has 3 heterocycles. The maximum absolute atomic E-state index is 12.6. The zero-order valence-electron chi connectivity index (χ0n) is 16.5. The first kappa shape index (κ1) is 19.0. The van der Waals surface area contributed by atoms with Crippen LogP contribution in [0.5, 0.6) is 0 Å². The number of ether oxygens (including phenoxy) is 2. The molecule has 0 unspecified atom stereocenters. The van der Waals surface area contributed by atoms with Crippen LogP contribution in [0.4, 0.5) is 11.5 Å². The fourth-order valence-corrected chi connectivity index (χ4v) is 3.79. The van der Waals surface area contributed by atoms with Gasteiger partial charge in [-0.05, 0) is 37.8 Å². The van der Waals surface area contributed by atoms with Gasteiger partial charge in [-0.15, -0.1) is 0 Å². The number of benzene rings is 1. The van der Waals surface area contributed by atoms with Gasteiger partial charge in [0.2, 0.25) is 5.91 Å². The van der Waals surface area contributed by atoms with E-state index in [1.807, 2.05) is 11.0 Å². The molecule has 1 aromatic heterocycles. The second kappa shape index (κ2) is 8.32. The van der Waals surface area contributed by atoms with E-state index in [1.54, 1.807) is 0 Å². The molecule has 2 aliphatic rings. The summed E-state index contributed by atoms with van der Waals surface area (Å²) in [5, 5.41) is 7.61. The van der Waals surface area contributed by atoms with Gasteiger partial charge in [0.15, 0.2) is 5.82 Å². The number of aryl methyl sites for hydroxylation is 2. The van der Waals surface area contributed by atoms with Crippen molar-refractivity contribution in [1.82, 2.24) is 10.1 Å². The molecule has 28 heavy (non-hydrogen) atoms. The Balaban J connectivity index is 1.39. The lowest BCUT2D eigenvalue weighted by atomic mass is 10.1. The Bertz CT molecular complexity index is 822. The van der Waals surface area contributed by atoms with Gasteiger partial charge in [-0.25, -0.2) is 0 Å². The summed E-state index contributed by atoms with van der Waals surface area (Å²) in [7, 11) is 0. The summed E-state index contributed by atoms with van der Waals surface area (Å²) in [5.41, 5.74) is 4.26. The van der Waals surface area contributed by atoms with Gasteiger partial charge in [0.1, 0.15) is 12.4 Å². The highest BCUT2D eigenvalue weighted by Gasteiger charge is 2.28. The molecular weight excluding hydrogens is 358 g/mol. The van der Waals surface area contributed by atoms with Crippen LogP contribution in [0.15, 0.2) is 22.7 Å². The molecule has 0 saturated carbocycles. The van der Waals surface area contributed by atoms with Crippen molar-refractivity contribution in [2.45, 2.75) is 45.8 Å². The monoisotopic (exact) mass is 385 g/mol. The number of hydrogen-bond acceptors (Lipinski definition) is 6. The van der Waals surface area contributed by atoms with Crippen molar-refractivity contribution < 1.29 is 18.8 Å². The number of hydrogen-bond donors (Lipinski definition) is 1. The van der Waals surface area contributed by atoms with Crippen LogP contribution in [0.2, 0.25) is 0 Å². The third kappa shape index (κ3) is 4.05. The lowest BCUT2D eigenvalue weighted by Gasteiger charge is -2.26. The molecule has 0 spiro atoms. The van der Waals surface area contributed by atoms with E-state index in [-0.39, 0.29) is 18.6 Å². The Morgan fingerprint density at radius 1 is 1.36 bits per heavy atom. The first-order chi connectivity index (χ1) is 13.6. The molecule has 0 radical (unpaired) electrons. The number of carbonyl (C=O) groups is 1. The minimum atomic E-state index is -0.0112. The molecule has 1 N–H and O–H groups in total. The molecule has 1 fully saturated rings. The number of fused-ring (bicyclic) bond motifs is 1.